The topological polar surface area (TPSA) is 78.1 Å². The molecular formula is C21H20N4O2. The molecular weight excluding hydrogens is 340 g/mol. The lowest BCUT2D eigenvalue weighted by molar-refractivity contribution is -0.122. The molecule has 0 unspecified atom stereocenters. The van der Waals surface area contributed by atoms with Crippen molar-refractivity contribution in [1.29, 1.82) is 0 Å². The third-order valence-corrected chi connectivity index (χ3v) is 4.84. The van der Waals surface area contributed by atoms with Crippen molar-refractivity contribution in [3.63, 3.8) is 0 Å². The second-order valence-corrected chi connectivity index (χ2v) is 6.76. The summed E-state index contributed by atoms with van der Waals surface area (Å²) in [6.45, 7) is 2.39. The third kappa shape index (κ3) is 3.46. The molecule has 4 rings (SSSR count). The first-order valence-corrected chi connectivity index (χ1v) is 8.88. The van der Waals surface area contributed by atoms with Crippen LogP contribution in [0.5, 0.6) is 0 Å². The van der Waals surface area contributed by atoms with Crippen LogP contribution in [0.4, 0.5) is 11.4 Å². The minimum Gasteiger partial charge on any atom is -0.325 e. The molecule has 0 radical (unpaired) electrons. The molecule has 2 heterocycles. The summed E-state index contributed by atoms with van der Waals surface area (Å²) in [5.41, 5.74) is 4.47. The van der Waals surface area contributed by atoms with E-state index in [1.165, 1.54) is 0 Å². The van der Waals surface area contributed by atoms with Crippen LogP contribution in [0.1, 0.15) is 12.0 Å². The van der Waals surface area contributed by atoms with Crippen molar-refractivity contribution in [2.75, 3.05) is 16.8 Å². The molecule has 2 aromatic carbocycles. The Morgan fingerprint density at radius 3 is 2.70 bits per heavy atom. The van der Waals surface area contributed by atoms with E-state index in [2.05, 4.69) is 15.5 Å². The molecule has 6 heteroatoms. The molecule has 2 amide bonds. The van der Waals surface area contributed by atoms with Crippen molar-refractivity contribution in [1.82, 2.24) is 10.2 Å². The number of aromatic nitrogens is 2. The van der Waals surface area contributed by atoms with Crippen LogP contribution < -0.4 is 10.2 Å². The van der Waals surface area contributed by atoms with Crippen LogP contribution >= 0.6 is 0 Å². The predicted octanol–water partition coefficient (Wildman–Crippen LogP) is 3.38. The highest BCUT2D eigenvalue weighted by Gasteiger charge is 2.35. The molecule has 0 saturated carbocycles. The van der Waals surface area contributed by atoms with E-state index in [0.717, 1.165) is 22.4 Å². The molecule has 3 aromatic rings. The largest absolute Gasteiger partial charge is 0.325 e. The van der Waals surface area contributed by atoms with Gasteiger partial charge in [0, 0.05) is 41.7 Å². The molecule has 1 fully saturated rings. The van der Waals surface area contributed by atoms with E-state index in [4.69, 9.17) is 0 Å². The monoisotopic (exact) mass is 360 g/mol. The second-order valence-electron chi connectivity index (χ2n) is 6.76. The number of para-hydroxylation sites is 1. The highest BCUT2D eigenvalue weighted by Crippen LogP contribution is 2.30. The average molecular weight is 360 g/mol. The maximum atomic E-state index is 12.8. The normalized spacial score (nSPS) is 16.6. The number of hydrogen-bond donors (Lipinski definition) is 2. The van der Waals surface area contributed by atoms with Gasteiger partial charge in [-0.1, -0.05) is 35.9 Å². The first kappa shape index (κ1) is 17.0. The van der Waals surface area contributed by atoms with Gasteiger partial charge >= 0.3 is 0 Å². The van der Waals surface area contributed by atoms with E-state index in [9.17, 15) is 9.59 Å². The average Bonchev–Trinajstić information content (AvgIpc) is 3.33. The quantitative estimate of drug-likeness (QED) is 0.749. The summed E-state index contributed by atoms with van der Waals surface area (Å²) in [6.07, 6.45) is 3.71. The number of amides is 2. The fourth-order valence-corrected chi connectivity index (χ4v) is 3.33. The molecule has 1 atom stereocenters. The van der Waals surface area contributed by atoms with Crippen LogP contribution in [0.2, 0.25) is 0 Å². The van der Waals surface area contributed by atoms with E-state index in [1.807, 2.05) is 55.5 Å². The molecule has 1 aliphatic rings. The molecule has 1 aliphatic heterocycles. The summed E-state index contributed by atoms with van der Waals surface area (Å²) in [4.78, 5) is 26.9. The van der Waals surface area contributed by atoms with Gasteiger partial charge in [-0.05, 0) is 25.1 Å². The van der Waals surface area contributed by atoms with Crippen molar-refractivity contribution >= 4 is 23.2 Å². The lowest BCUT2D eigenvalue weighted by Crippen LogP contribution is -2.28. The van der Waals surface area contributed by atoms with E-state index in [0.29, 0.717) is 12.2 Å². The Kier molecular flexibility index (Phi) is 4.46. The molecule has 2 N–H and O–H groups in total. The standard InChI is InChI=1S/C21H20N4O2/c1-14-6-8-17(9-7-14)25-13-15(10-20(25)26)21(27)24-19-5-3-2-4-18(19)16-11-22-23-12-16/h2-9,11-12,15H,10,13H2,1H3,(H,22,23)(H,24,27)/t15-/m1/s1. The van der Waals surface area contributed by atoms with Gasteiger partial charge in [0.2, 0.25) is 11.8 Å². The van der Waals surface area contributed by atoms with Gasteiger partial charge in [0.15, 0.2) is 0 Å². The maximum absolute atomic E-state index is 12.8. The maximum Gasteiger partial charge on any atom is 0.229 e. The lowest BCUT2D eigenvalue weighted by atomic mass is 10.0. The SMILES string of the molecule is Cc1ccc(N2C[C@H](C(=O)Nc3ccccc3-c3cn[nH]c3)CC2=O)cc1. The fourth-order valence-electron chi connectivity index (χ4n) is 3.33. The van der Waals surface area contributed by atoms with E-state index in [1.54, 1.807) is 17.3 Å². The van der Waals surface area contributed by atoms with Gasteiger partial charge in [0.05, 0.1) is 12.1 Å². The Hall–Kier alpha value is -3.41. The summed E-state index contributed by atoms with van der Waals surface area (Å²) in [5.74, 6) is -0.549. The number of hydrogen-bond acceptors (Lipinski definition) is 3. The summed E-state index contributed by atoms with van der Waals surface area (Å²) >= 11 is 0. The molecule has 6 nitrogen and oxygen atoms in total. The summed E-state index contributed by atoms with van der Waals surface area (Å²) in [6, 6.07) is 15.3. The summed E-state index contributed by atoms with van der Waals surface area (Å²) in [5, 5.41) is 9.73. The van der Waals surface area contributed by atoms with Gasteiger partial charge in [-0.3, -0.25) is 14.7 Å². The van der Waals surface area contributed by atoms with Crippen LogP contribution in [0.3, 0.4) is 0 Å². The van der Waals surface area contributed by atoms with Gasteiger partial charge < -0.3 is 10.2 Å². The molecule has 0 aliphatic carbocycles. The van der Waals surface area contributed by atoms with Crippen LogP contribution in [0.25, 0.3) is 11.1 Å². The molecule has 1 aromatic heterocycles. The van der Waals surface area contributed by atoms with Crippen molar-refractivity contribution in [2.24, 2.45) is 5.92 Å². The fraction of sp³-hybridized carbons (Fsp3) is 0.190. The van der Waals surface area contributed by atoms with Crippen molar-refractivity contribution in [3.05, 3.63) is 66.5 Å². The molecule has 27 heavy (non-hydrogen) atoms. The van der Waals surface area contributed by atoms with Crippen LogP contribution in [-0.4, -0.2) is 28.6 Å². The molecule has 1 saturated heterocycles. The van der Waals surface area contributed by atoms with Gasteiger partial charge in [-0.25, -0.2) is 0 Å². The highest BCUT2D eigenvalue weighted by molar-refractivity contribution is 6.04. The number of anilines is 2. The van der Waals surface area contributed by atoms with E-state index < -0.39 is 0 Å². The molecule has 136 valence electrons. The number of aromatic amines is 1. The number of aryl methyl sites for hydroxylation is 1. The van der Waals surface area contributed by atoms with Crippen LogP contribution in [0.15, 0.2) is 60.9 Å². The number of carbonyl (C=O) groups excluding carboxylic acids is 2. The Morgan fingerprint density at radius 2 is 1.96 bits per heavy atom. The van der Waals surface area contributed by atoms with Crippen molar-refractivity contribution in [2.45, 2.75) is 13.3 Å². The van der Waals surface area contributed by atoms with E-state index in [-0.39, 0.29) is 24.2 Å². The first-order chi connectivity index (χ1) is 13.1. The van der Waals surface area contributed by atoms with Crippen molar-refractivity contribution < 1.29 is 9.59 Å². The smallest absolute Gasteiger partial charge is 0.229 e. The zero-order valence-electron chi connectivity index (χ0n) is 15.0. The Labute approximate surface area is 157 Å². The summed E-state index contributed by atoms with van der Waals surface area (Å²) in [7, 11) is 0. The van der Waals surface area contributed by atoms with Gasteiger partial charge in [0.1, 0.15) is 0 Å². The van der Waals surface area contributed by atoms with Gasteiger partial charge in [0.25, 0.3) is 0 Å². The summed E-state index contributed by atoms with van der Waals surface area (Å²) < 4.78 is 0. The van der Waals surface area contributed by atoms with Crippen LogP contribution in [-0.2, 0) is 9.59 Å². The first-order valence-electron chi connectivity index (χ1n) is 8.88. The lowest BCUT2D eigenvalue weighted by Gasteiger charge is -2.17. The highest BCUT2D eigenvalue weighted by atomic mass is 16.2. The number of rotatable bonds is 4. The Balaban J connectivity index is 1.50. The van der Waals surface area contributed by atoms with Gasteiger partial charge in [-0.2, -0.15) is 5.10 Å². The second kappa shape index (κ2) is 7.07. The number of nitrogens with one attached hydrogen (secondary N) is 2. The van der Waals surface area contributed by atoms with Gasteiger partial charge in [-0.15, -0.1) is 0 Å². The number of carbonyl (C=O) groups is 2. The number of benzene rings is 2. The van der Waals surface area contributed by atoms with Crippen molar-refractivity contribution in [3.8, 4) is 11.1 Å². The Morgan fingerprint density at radius 1 is 1.19 bits per heavy atom. The number of H-pyrrole nitrogens is 1. The number of nitrogens with zero attached hydrogens (tertiary/aromatic N) is 2. The van der Waals surface area contributed by atoms with E-state index >= 15 is 0 Å². The predicted molar refractivity (Wildman–Crippen MR) is 104 cm³/mol. The third-order valence-electron chi connectivity index (χ3n) is 4.84. The zero-order valence-corrected chi connectivity index (χ0v) is 15.0. The molecule has 0 spiro atoms. The minimum atomic E-state index is -0.379. The van der Waals surface area contributed by atoms with Crippen LogP contribution in [0, 0.1) is 12.8 Å². The molecule has 0 bridgehead atoms. The Bertz CT molecular complexity index is 964. The zero-order chi connectivity index (χ0) is 18.8. The minimum absolute atomic E-state index is 0.0258.